The minimum atomic E-state index is -1.13. The number of nitrogens with zero attached hydrogens (tertiary/aromatic N) is 3. The SMILES string of the molecule is Cc1cc(C)cc(-c2[nH]c3sc(C(=O)[O-])cc3c2CCN2CCN(CC(=O)N3CCCC3)CC2)c1. The van der Waals surface area contributed by atoms with Crippen molar-refractivity contribution < 1.29 is 14.7 Å². The van der Waals surface area contributed by atoms with Gasteiger partial charge in [0.15, 0.2) is 0 Å². The number of hydrogen-bond donors (Lipinski definition) is 1. The molecule has 0 aliphatic carbocycles. The number of aromatic amines is 1. The fraction of sp³-hybridized carbons (Fsp3) is 0.481. The molecule has 2 fully saturated rings. The number of fused-ring (bicyclic) bond motifs is 1. The molecule has 4 heterocycles. The molecule has 2 aliphatic rings. The third-order valence-electron chi connectivity index (χ3n) is 7.27. The lowest BCUT2D eigenvalue weighted by Gasteiger charge is -2.35. The molecule has 7 nitrogen and oxygen atoms in total. The number of aryl methyl sites for hydroxylation is 2. The van der Waals surface area contributed by atoms with Crippen molar-refractivity contribution in [1.29, 1.82) is 0 Å². The van der Waals surface area contributed by atoms with E-state index in [1.807, 2.05) is 4.90 Å². The molecule has 1 aromatic carbocycles. The van der Waals surface area contributed by atoms with Crippen LogP contribution in [0.5, 0.6) is 0 Å². The summed E-state index contributed by atoms with van der Waals surface area (Å²) in [4.78, 5) is 35.3. The normalized spacial score (nSPS) is 17.5. The molecule has 186 valence electrons. The molecule has 0 spiro atoms. The van der Waals surface area contributed by atoms with Gasteiger partial charge in [-0.1, -0.05) is 17.2 Å². The van der Waals surface area contributed by atoms with E-state index in [0.29, 0.717) is 6.54 Å². The summed E-state index contributed by atoms with van der Waals surface area (Å²) in [5.41, 5.74) is 5.80. The van der Waals surface area contributed by atoms with Crippen molar-refractivity contribution >= 4 is 33.4 Å². The van der Waals surface area contributed by atoms with Crippen LogP contribution in [0.15, 0.2) is 24.3 Å². The molecular formula is C27H33N4O3S-. The molecule has 3 aromatic rings. The third kappa shape index (κ3) is 5.29. The second-order valence-electron chi connectivity index (χ2n) is 9.95. The van der Waals surface area contributed by atoms with Gasteiger partial charge in [-0.2, -0.15) is 0 Å². The Hall–Kier alpha value is -2.68. The fourth-order valence-corrected chi connectivity index (χ4v) is 6.38. The first-order chi connectivity index (χ1) is 16.9. The van der Waals surface area contributed by atoms with Crippen LogP contribution in [0.25, 0.3) is 21.5 Å². The Balaban J connectivity index is 1.28. The summed E-state index contributed by atoms with van der Waals surface area (Å²) in [7, 11) is 0. The lowest BCUT2D eigenvalue weighted by atomic mass is 9.99. The lowest BCUT2D eigenvalue weighted by Crippen LogP contribution is -2.50. The average molecular weight is 494 g/mol. The highest BCUT2D eigenvalue weighted by molar-refractivity contribution is 7.20. The number of amides is 1. The lowest BCUT2D eigenvalue weighted by molar-refractivity contribution is -0.254. The number of H-pyrrole nitrogens is 1. The van der Waals surface area contributed by atoms with Crippen LogP contribution >= 0.6 is 11.3 Å². The molecule has 2 aliphatic heterocycles. The van der Waals surface area contributed by atoms with Crippen LogP contribution in [0.2, 0.25) is 0 Å². The van der Waals surface area contributed by atoms with Gasteiger partial charge < -0.3 is 24.7 Å². The number of aromatic carboxylic acids is 1. The van der Waals surface area contributed by atoms with E-state index in [1.54, 1.807) is 6.07 Å². The van der Waals surface area contributed by atoms with Gasteiger partial charge in [-0.25, -0.2) is 0 Å². The van der Waals surface area contributed by atoms with Gasteiger partial charge in [0.25, 0.3) is 0 Å². The molecule has 35 heavy (non-hydrogen) atoms. The van der Waals surface area contributed by atoms with Crippen LogP contribution in [0.4, 0.5) is 0 Å². The molecule has 2 saturated heterocycles. The van der Waals surface area contributed by atoms with Crippen LogP contribution in [-0.2, 0) is 11.2 Å². The second kappa shape index (κ2) is 10.1. The Bertz CT molecular complexity index is 1210. The molecule has 0 bridgehead atoms. The van der Waals surface area contributed by atoms with Crippen molar-refractivity contribution in [3.63, 3.8) is 0 Å². The molecular weight excluding hydrogens is 460 g/mol. The van der Waals surface area contributed by atoms with E-state index in [4.69, 9.17) is 0 Å². The molecule has 0 atom stereocenters. The number of nitrogens with one attached hydrogen (secondary N) is 1. The van der Waals surface area contributed by atoms with E-state index >= 15 is 0 Å². The Kier molecular flexibility index (Phi) is 6.95. The number of likely N-dealkylation sites (tertiary alicyclic amines) is 1. The standard InChI is InChI=1S/C27H34N4O3S/c1-18-13-19(2)15-20(14-18)25-21(22-16-23(27(33)34)35-26(22)28-25)5-8-29-9-11-30(12-10-29)17-24(32)31-6-3-4-7-31/h13-16,28H,3-12,17H2,1-2H3,(H,33,34)/p-1. The summed E-state index contributed by atoms with van der Waals surface area (Å²) in [5, 5.41) is 12.5. The van der Waals surface area contributed by atoms with E-state index < -0.39 is 5.97 Å². The first-order valence-corrected chi connectivity index (χ1v) is 13.4. The smallest absolute Gasteiger partial charge is 0.236 e. The van der Waals surface area contributed by atoms with Gasteiger partial charge in [0.2, 0.25) is 5.91 Å². The number of hydrogen-bond acceptors (Lipinski definition) is 6. The monoisotopic (exact) mass is 493 g/mol. The van der Waals surface area contributed by atoms with Gasteiger partial charge in [-0.3, -0.25) is 9.69 Å². The number of carbonyl (C=O) groups excluding carboxylic acids is 2. The molecule has 0 radical (unpaired) electrons. The van der Waals surface area contributed by atoms with Gasteiger partial charge in [0.1, 0.15) is 4.83 Å². The van der Waals surface area contributed by atoms with Crippen molar-refractivity contribution in [1.82, 2.24) is 19.7 Å². The van der Waals surface area contributed by atoms with Crippen LogP contribution < -0.4 is 5.11 Å². The second-order valence-corrected chi connectivity index (χ2v) is 11.0. The molecule has 5 rings (SSSR count). The maximum Gasteiger partial charge on any atom is 0.236 e. The van der Waals surface area contributed by atoms with Crippen LogP contribution in [0.3, 0.4) is 0 Å². The van der Waals surface area contributed by atoms with E-state index in [1.165, 1.54) is 28.0 Å². The zero-order valence-corrected chi connectivity index (χ0v) is 21.4. The summed E-state index contributed by atoms with van der Waals surface area (Å²) in [6, 6.07) is 8.29. The van der Waals surface area contributed by atoms with E-state index in [0.717, 1.165) is 86.5 Å². The minimum Gasteiger partial charge on any atom is -0.544 e. The Morgan fingerprint density at radius 2 is 1.60 bits per heavy atom. The average Bonchev–Trinajstić information content (AvgIpc) is 3.55. The summed E-state index contributed by atoms with van der Waals surface area (Å²) in [6.45, 7) is 11.1. The van der Waals surface area contributed by atoms with Crippen molar-refractivity contribution in [2.24, 2.45) is 0 Å². The number of thiophene rings is 1. The van der Waals surface area contributed by atoms with E-state index in [-0.39, 0.29) is 10.8 Å². The topological polar surface area (TPSA) is 82.7 Å². The molecule has 1 amide bonds. The molecule has 8 heteroatoms. The zero-order chi connectivity index (χ0) is 24.5. The van der Waals surface area contributed by atoms with Crippen molar-refractivity contribution in [3.8, 4) is 11.3 Å². The Morgan fingerprint density at radius 3 is 2.26 bits per heavy atom. The van der Waals surface area contributed by atoms with Crippen LogP contribution in [-0.4, -0.2) is 83.9 Å². The number of benzene rings is 1. The highest BCUT2D eigenvalue weighted by Crippen LogP contribution is 2.36. The quantitative estimate of drug-likeness (QED) is 0.547. The van der Waals surface area contributed by atoms with Gasteiger partial charge >= 0.3 is 0 Å². The summed E-state index contributed by atoms with van der Waals surface area (Å²) in [6.07, 6.45) is 3.09. The predicted molar refractivity (Wildman–Crippen MR) is 138 cm³/mol. The zero-order valence-electron chi connectivity index (χ0n) is 20.6. The number of carbonyl (C=O) groups is 2. The predicted octanol–water partition coefficient (Wildman–Crippen LogP) is 2.66. The first-order valence-electron chi connectivity index (χ1n) is 12.5. The van der Waals surface area contributed by atoms with Crippen molar-refractivity contribution in [3.05, 3.63) is 45.8 Å². The summed E-state index contributed by atoms with van der Waals surface area (Å²) >= 11 is 1.25. The van der Waals surface area contributed by atoms with Gasteiger partial charge in [0, 0.05) is 51.2 Å². The fourth-order valence-electron chi connectivity index (χ4n) is 5.46. The highest BCUT2D eigenvalue weighted by Gasteiger charge is 2.24. The molecule has 0 saturated carbocycles. The number of carboxylic acids is 1. The maximum atomic E-state index is 12.5. The number of aromatic nitrogens is 1. The Morgan fingerprint density at radius 1 is 0.943 bits per heavy atom. The molecule has 0 unspecified atom stereocenters. The van der Waals surface area contributed by atoms with Gasteiger partial charge in [-0.05, 0) is 62.4 Å². The van der Waals surface area contributed by atoms with E-state index in [9.17, 15) is 14.7 Å². The summed E-state index contributed by atoms with van der Waals surface area (Å²) in [5.74, 6) is -0.858. The van der Waals surface area contributed by atoms with Crippen LogP contribution in [0.1, 0.15) is 39.2 Å². The Labute approximate surface area is 210 Å². The van der Waals surface area contributed by atoms with Gasteiger partial charge in [0.05, 0.1) is 23.1 Å². The highest BCUT2D eigenvalue weighted by atomic mass is 32.1. The van der Waals surface area contributed by atoms with E-state index in [2.05, 4.69) is 46.8 Å². The van der Waals surface area contributed by atoms with Gasteiger partial charge in [-0.15, -0.1) is 11.3 Å². The number of piperazine rings is 1. The molecule has 2 aromatic heterocycles. The third-order valence-corrected chi connectivity index (χ3v) is 8.30. The molecule has 1 N–H and O–H groups in total. The first kappa shape index (κ1) is 24.0. The largest absolute Gasteiger partial charge is 0.544 e. The maximum absolute atomic E-state index is 12.5. The number of carboxylic acid groups (broad SMARTS) is 1. The minimum absolute atomic E-state index is 0.260. The van der Waals surface area contributed by atoms with Crippen molar-refractivity contribution in [2.75, 3.05) is 52.4 Å². The van der Waals surface area contributed by atoms with Crippen molar-refractivity contribution in [2.45, 2.75) is 33.1 Å². The van der Waals surface area contributed by atoms with Crippen LogP contribution in [0, 0.1) is 13.8 Å². The summed E-state index contributed by atoms with van der Waals surface area (Å²) < 4.78 is 0. The number of rotatable bonds is 7.